The summed E-state index contributed by atoms with van der Waals surface area (Å²) in [6.07, 6.45) is 2.83. The van der Waals surface area contributed by atoms with Crippen LogP contribution in [-0.2, 0) is 11.3 Å². The first kappa shape index (κ1) is 28.8. The maximum atomic E-state index is 14.9. The number of aryl methyl sites for hydroxylation is 2. The number of hydrogen-bond donors (Lipinski definition) is 3. The second-order valence-corrected chi connectivity index (χ2v) is 12.2. The summed E-state index contributed by atoms with van der Waals surface area (Å²) in [5, 5.41) is 4.34. The molecule has 2 fully saturated rings. The SMILES string of the molecule is CC(=O)N1CCNCC1(N)C1(C(=O)c2cc(C)cc(C)c2)CCN(Cc2ccc[nH]2)C(c2ccc(Cl)c(Cl)c2)C1. The zero-order valence-electron chi connectivity index (χ0n) is 23.3. The number of H-pyrrole nitrogens is 1. The summed E-state index contributed by atoms with van der Waals surface area (Å²) in [4.78, 5) is 35.3. The van der Waals surface area contributed by atoms with Gasteiger partial charge in [0.2, 0.25) is 5.91 Å². The van der Waals surface area contributed by atoms with Gasteiger partial charge in [-0.25, -0.2) is 0 Å². The number of piperazine rings is 1. The molecule has 3 heterocycles. The Morgan fingerprint density at radius 2 is 1.80 bits per heavy atom. The number of aromatic amines is 1. The summed E-state index contributed by atoms with van der Waals surface area (Å²) in [7, 11) is 0. The van der Waals surface area contributed by atoms with Gasteiger partial charge in [0.05, 0.1) is 15.5 Å². The average Bonchev–Trinajstić information content (AvgIpc) is 3.43. The van der Waals surface area contributed by atoms with Gasteiger partial charge in [0.15, 0.2) is 5.78 Å². The number of ketones is 1. The van der Waals surface area contributed by atoms with Gasteiger partial charge < -0.3 is 20.9 Å². The predicted molar refractivity (Wildman–Crippen MR) is 159 cm³/mol. The number of rotatable bonds is 6. The number of nitrogens with two attached hydrogens (primary N) is 1. The highest BCUT2D eigenvalue weighted by Gasteiger charge is 2.61. The highest BCUT2D eigenvalue weighted by atomic mass is 35.5. The quantitative estimate of drug-likeness (QED) is 0.345. The molecular formula is C31H37Cl2N5O2. The third kappa shape index (κ3) is 5.21. The Balaban J connectivity index is 1.67. The van der Waals surface area contributed by atoms with E-state index >= 15 is 0 Å². The second kappa shape index (κ2) is 11.3. The largest absolute Gasteiger partial charge is 0.364 e. The lowest BCUT2D eigenvalue weighted by Gasteiger charge is -2.59. The van der Waals surface area contributed by atoms with Crippen LogP contribution >= 0.6 is 23.2 Å². The van der Waals surface area contributed by atoms with E-state index < -0.39 is 11.1 Å². The van der Waals surface area contributed by atoms with E-state index in [0.29, 0.717) is 61.2 Å². The van der Waals surface area contributed by atoms with E-state index in [-0.39, 0.29) is 17.7 Å². The van der Waals surface area contributed by atoms with Gasteiger partial charge in [0.25, 0.3) is 0 Å². The summed E-state index contributed by atoms with van der Waals surface area (Å²) >= 11 is 12.8. The minimum atomic E-state index is -1.22. The molecule has 0 bridgehead atoms. The lowest BCUT2D eigenvalue weighted by atomic mass is 9.60. The van der Waals surface area contributed by atoms with Crippen LogP contribution in [0.1, 0.15) is 58.5 Å². The number of carbonyl (C=O) groups excluding carboxylic acids is 2. The van der Waals surface area contributed by atoms with Crippen LogP contribution < -0.4 is 11.1 Å². The molecule has 2 aromatic carbocycles. The van der Waals surface area contributed by atoms with Crippen molar-refractivity contribution in [1.82, 2.24) is 20.1 Å². The Labute approximate surface area is 246 Å². The van der Waals surface area contributed by atoms with Crippen molar-refractivity contribution in [3.05, 3.63) is 92.7 Å². The minimum absolute atomic E-state index is 0.0265. The fourth-order valence-electron chi connectivity index (χ4n) is 6.78. The molecule has 7 nitrogen and oxygen atoms in total. The molecule has 1 amide bonds. The van der Waals surface area contributed by atoms with Crippen molar-refractivity contribution in [3.63, 3.8) is 0 Å². The van der Waals surface area contributed by atoms with E-state index in [1.54, 1.807) is 17.9 Å². The maximum absolute atomic E-state index is 14.9. The number of amides is 1. The lowest BCUT2D eigenvalue weighted by Crippen LogP contribution is -2.78. The Kier molecular flexibility index (Phi) is 8.15. The first-order valence-corrected chi connectivity index (χ1v) is 14.5. The number of benzene rings is 2. The van der Waals surface area contributed by atoms with Crippen molar-refractivity contribution in [2.45, 2.75) is 51.9 Å². The van der Waals surface area contributed by atoms with Crippen LogP contribution in [0.3, 0.4) is 0 Å². The molecule has 3 aromatic rings. The van der Waals surface area contributed by atoms with E-state index in [2.05, 4.69) is 27.3 Å². The van der Waals surface area contributed by atoms with Gasteiger partial charge in [-0.15, -0.1) is 0 Å². The zero-order valence-corrected chi connectivity index (χ0v) is 24.8. The predicted octanol–water partition coefficient (Wildman–Crippen LogP) is 5.25. The summed E-state index contributed by atoms with van der Waals surface area (Å²) in [6.45, 7) is 8.20. The van der Waals surface area contributed by atoms with Crippen LogP contribution in [0.4, 0.5) is 0 Å². The molecule has 40 heavy (non-hydrogen) atoms. The summed E-state index contributed by atoms with van der Waals surface area (Å²) in [6, 6.07) is 15.4. The monoisotopic (exact) mass is 581 g/mol. The number of aromatic nitrogens is 1. The smallest absolute Gasteiger partial charge is 0.221 e. The van der Waals surface area contributed by atoms with E-state index in [1.165, 1.54) is 0 Å². The third-order valence-electron chi connectivity index (χ3n) is 8.69. The summed E-state index contributed by atoms with van der Waals surface area (Å²) in [5.41, 5.74) is 9.76. The second-order valence-electron chi connectivity index (χ2n) is 11.4. The van der Waals surface area contributed by atoms with Gasteiger partial charge in [0.1, 0.15) is 5.66 Å². The van der Waals surface area contributed by atoms with Crippen LogP contribution in [0, 0.1) is 19.3 Å². The molecule has 9 heteroatoms. The molecule has 212 valence electrons. The molecule has 2 aliphatic heterocycles. The Bertz CT molecular complexity index is 1390. The average molecular weight is 583 g/mol. The number of likely N-dealkylation sites (tertiary alicyclic amines) is 1. The molecule has 3 atom stereocenters. The molecule has 2 saturated heterocycles. The van der Waals surface area contributed by atoms with E-state index in [4.69, 9.17) is 28.9 Å². The first-order valence-electron chi connectivity index (χ1n) is 13.8. The number of hydrogen-bond acceptors (Lipinski definition) is 5. The minimum Gasteiger partial charge on any atom is -0.364 e. The normalized spacial score (nSPS) is 25.6. The summed E-state index contributed by atoms with van der Waals surface area (Å²) in [5.74, 6) is -0.155. The molecule has 3 unspecified atom stereocenters. The number of nitrogens with zero attached hydrogens (tertiary/aromatic N) is 2. The lowest BCUT2D eigenvalue weighted by molar-refractivity contribution is -0.146. The fourth-order valence-corrected chi connectivity index (χ4v) is 7.09. The van der Waals surface area contributed by atoms with Crippen molar-refractivity contribution in [1.29, 1.82) is 0 Å². The molecular weight excluding hydrogens is 545 g/mol. The van der Waals surface area contributed by atoms with Crippen molar-refractivity contribution in [2.24, 2.45) is 11.1 Å². The molecule has 0 saturated carbocycles. The van der Waals surface area contributed by atoms with E-state index in [9.17, 15) is 9.59 Å². The molecule has 0 spiro atoms. The topological polar surface area (TPSA) is 94.5 Å². The van der Waals surface area contributed by atoms with Crippen LogP contribution in [0.5, 0.6) is 0 Å². The zero-order chi connectivity index (χ0) is 28.7. The van der Waals surface area contributed by atoms with Crippen molar-refractivity contribution < 1.29 is 9.59 Å². The number of halogens is 2. The Hall–Kier alpha value is -2.68. The number of Topliss-reactive ketones (excluding diaryl/α,β-unsaturated/α-hetero) is 1. The number of carbonyl (C=O) groups is 2. The van der Waals surface area contributed by atoms with Gasteiger partial charge >= 0.3 is 0 Å². The van der Waals surface area contributed by atoms with E-state index in [0.717, 1.165) is 22.4 Å². The Morgan fingerprint density at radius 1 is 1.05 bits per heavy atom. The first-order chi connectivity index (χ1) is 19.0. The molecule has 4 N–H and O–H groups in total. The summed E-state index contributed by atoms with van der Waals surface area (Å²) < 4.78 is 0. The van der Waals surface area contributed by atoms with E-state index in [1.807, 2.05) is 50.4 Å². The molecule has 0 radical (unpaired) electrons. The fraction of sp³-hybridized carbons (Fsp3) is 0.419. The van der Waals surface area contributed by atoms with Gasteiger partial charge in [-0.05, 0) is 68.7 Å². The standard InChI is InChI=1S/C31H37Cl2N5O2/c1-20-13-21(2)15-24(14-20)29(40)30(31(34)19-35-10-12-38(31)22(3)39)8-11-37(18-25-5-4-9-36-25)28(17-30)23-6-7-26(32)27(33)16-23/h4-7,9,13-16,28,35-36H,8,10-12,17-19,34H2,1-3H3. The van der Waals surface area contributed by atoms with Crippen LogP contribution in [-0.4, -0.2) is 58.3 Å². The van der Waals surface area contributed by atoms with Crippen molar-refractivity contribution in [3.8, 4) is 0 Å². The molecule has 0 aliphatic carbocycles. The van der Waals surface area contributed by atoms with Crippen molar-refractivity contribution in [2.75, 3.05) is 26.2 Å². The van der Waals surface area contributed by atoms with Gasteiger partial charge in [-0.2, -0.15) is 0 Å². The van der Waals surface area contributed by atoms with Gasteiger partial charge in [0, 0.05) is 63.1 Å². The molecule has 5 rings (SSSR count). The van der Waals surface area contributed by atoms with Crippen LogP contribution in [0.15, 0.2) is 54.7 Å². The highest BCUT2D eigenvalue weighted by molar-refractivity contribution is 6.42. The van der Waals surface area contributed by atoms with Crippen LogP contribution in [0.25, 0.3) is 0 Å². The number of piperidine rings is 1. The molecule has 2 aliphatic rings. The van der Waals surface area contributed by atoms with Crippen molar-refractivity contribution >= 4 is 34.9 Å². The highest BCUT2D eigenvalue weighted by Crippen LogP contribution is 2.52. The molecule has 1 aromatic heterocycles. The van der Waals surface area contributed by atoms with Gasteiger partial charge in [-0.3, -0.25) is 14.5 Å². The third-order valence-corrected chi connectivity index (χ3v) is 9.43. The number of nitrogens with one attached hydrogen (secondary N) is 2. The van der Waals surface area contributed by atoms with Crippen LogP contribution in [0.2, 0.25) is 10.0 Å². The Morgan fingerprint density at radius 3 is 2.45 bits per heavy atom. The maximum Gasteiger partial charge on any atom is 0.221 e. The van der Waals surface area contributed by atoms with Gasteiger partial charge in [-0.1, -0.05) is 46.5 Å².